The van der Waals surface area contributed by atoms with Gasteiger partial charge in [0.2, 0.25) is 10.0 Å². The summed E-state index contributed by atoms with van der Waals surface area (Å²) >= 11 is 0. The first-order valence-electron chi connectivity index (χ1n) is 8.54. The van der Waals surface area contributed by atoms with E-state index < -0.39 is 16.0 Å². The normalized spacial score (nSPS) is 18.6. The molecular formula is C17H22N4O4S. The lowest BCUT2D eigenvalue weighted by Gasteiger charge is -2.31. The van der Waals surface area contributed by atoms with Gasteiger partial charge in [-0.15, -0.1) is 10.2 Å². The topological polar surface area (TPSA) is 94.4 Å². The molecule has 140 valence electrons. The standard InChI is InChI=1S/C17H22N4O4S/c1-3-25-17(22)13-6-4-8-15(10-13)26(23,24)21-9-5-7-14(11-21)16-19-18-12-20(16)2/h4,6,8,10,12,14H,3,5,7,9,11H2,1-2H3/t14-/m1/s1. The summed E-state index contributed by atoms with van der Waals surface area (Å²) < 4.78 is 34.3. The van der Waals surface area contributed by atoms with E-state index in [1.54, 1.807) is 25.4 Å². The fraction of sp³-hybridized carbons (Fsp3) is 0.471. The zero-order valence-electron chi connectivity index (χ0n) is 14.8. The molecule has 0 N–H and O–H groups in total. The van der Waals surface area contributed by atoms with Gasteiger partial charge in [-0.3, -0.25) is 0 Å². The van der Waals surface area contributed by atoms with Crippen LogP contribution in [0.2, 0.25) is 0 Å². The van der Waals surface area contributed by atoms with Crippen molar-refractivity contribution in [2.45, 2.75) is 30.6 Å². The van der Waals surface area contributed by atoms with Crippen molar-refractivity contribution >= 4 is 16.0 Å². The second-order valence-electron chi connectivity index (χ2n) is 6.25. The molecule has 1 aliphatic heterocycles. The van der Waals surface area contributed by atoms with Crippen molar-refractivity contribution in [2.75, 3.05) is 19.7 Å². The molecule has 0 saturated carbocycles. The molecule has 0 amide bonds. The number of aryl methyl sites for hydroxylation is 1. The summed E-state index contributed by atoms with van der Waals surface area (Å²) in [6.07, 6.45) is 3.22. The first kappa shape index (κ1) is 18.5. The number of benzene rings is 1. The van der Waals surface area contributed by atoms with Crippen LogP contribution in [0.3, 0.4) is 0 Å². The second-order valence-corrected chi connectivity index (χ2v) is 8.19. The molecule has 1 fully saturated rings. The largest absolute Gasteiger partial charge is 0.462 e. The molecule has 1 aromatic heterocycles. The highest BCUT2D eigenvalue weighted by atomic mass is 32.2. The van der Waals surface area contributed by atoms with Crippen molar-refractivity contribution < 1.29 is 17.9 Å². The zero-order chi connectivity index (χ0) is 18.7. The van der Waals surface area contributed by atoms with E-state index in [2.05, 4.69) is 10.2 Å². The van der Waals surface area contributed by atoms with Gasteiger partial charge in [-0.25, -0.2) is 13.2 Å². The molecule has 1 atom stereocenters. The van der Waals surface area contributed by atoms with Gasteiger partial charge in [0.25, 0.3) is 0 Å². The van der Waals surface area contributed by atoms with E-state index in [-0.39, 0.29) is 23.0 Å². The number of ether oxygens (including phenoxy) is 1. The molecule has 0 bridgehead atoms. The molecule has 1 aliphatic rings. The highest BCUT2D eigenvalue weighted by Crippen LogP contribution is 2.29. The van der Waals surface area contributed by atoms with Gasteiger partial charge in [-0.05, 0) is 38.0 Å². The second kappa shape index (κ2) is 7.55. The minimum Gasteiger partial charge on any atom is -0.462 e. The van der Waals surface area contributed by atoms with Gasteiger partial charge < -0.3 is 9.30 Å². The number of piperidine rings is 1. The van der Waals surface area contributed by atoms with E-state index in [1.165, 1.54) is 16.4 Å². The number of carbonyl (C=O) groups is 1. The predicted molar refractivity (Wildman–Crippen MR) is 94.1 cm³/mol. The fourth-order valence-corrected chi connectivity index (χ4v) is 4.75. The summed E-state index contributed by atoms with van der Waals surface area (Å²) in [6.45, 7) is 2.74. The number of sulfonamides is 1. The minimum absolute atomic E-state index is 0.000681. The van der Waals surface area contributed by atoms with E-state index in [9.17, 15) is 13.2 Å². The SMILES string of the molecule is CCOC(=O)c1cccc(S(=O)(=O)N2CCC[C@@H](c3nncn3C)C2)c1. The van der Waals surface area contributed by atoms with E-state index in [4.69, 9.17) is 4.74 Å². The smallest absolute Gasteiger partial charge is 0.338 e. The summed E-state index contributed by atoms with van der Waals surface area (Å²) in [5, 5.41) is 8.00. The lowest BCUT2D eigenvalue weighted by Crippen LogP contribution is -2.39. The minimum atomic E-state index is -3.70. The maximum Gasteiger partial charge on any atom is 0.338 e. The summed E-state index contributed by atoms with van der Waals surface area (Å²) in [6, 6.07) is 5.99. The average molecular weight is 378 g/mol. The highest BCUT2D eigenvalue weighted by Gasteiger charge is 2.33. The molecule has 0 aliphatic carbocycles. The third-order valence-corrected chi connectivity index (χ3v) is 6.34. The monoisotopic (exact) mass is 378 g/mol. The summed E-state index contributed by atoms with van der Waals surface area (Å²) in [4.78, 5) is 12.0. The zero-order valence-corrected chi connectivity index (χ0v) is 15.6. The van der Waals surface area contributed by atoms with Crippen molar-refractivity contribution in [3.63, 3.8) is 0 Å². The Balaban J connectivity index is 1.85. The Hall–Kier alpha value is -2.26. The molecule has 0 radical (unpaired) electrons. The van der Waals surface area contributed by atoms with Crippen LogP contribution in [0.1, 0.15) is 41.9 Å². The van der Waals surface area contributed by atoms with Crippen LogP contribution in [0.25, 0.3) is 0 Å². The molecule has 1 aromatic carbocycles. The van der Waals surface area contributed by atoms with Gasteiger partial charge in [0.05, 0.1) is 17.1 Å². The van der Waals surface area contributed by atoms with E-state index in [0.29, 0.717) is 13.1 Å². The molecular weight excluding hydrogens is 356 g/mol. The number of esters is 1. The van der Waals surface area contributed by atoms with Crippen LogP contribution in [0.15, 0.2) is 35.5 Å². The summed E-state index contributed by atoms with van der Waals surface area (Å²) in [5.74, 6) is 0.254. The highest BCUT2D eigenvalue weighted by molar-refractivity contribution is 7.89. The molecule has 26 heavy (non-hydrogen) atoms. The molecule has 3 rings (SSSR count). The molecule has 8 nitrogen and oxygen atoms in total. The third kappa shape index (κ3) is 3.63. The molecule has 1 saturated heterocycles. The Morgan fingerprint density at radius 3 is 2.88 bits per heavy atom. The van der Waals surface area contributed by atoms with Crippen molar-refractivity contribution in [1.82, 2.24) is 19.1 Å². The van der Waals surface area contributed by atoms with Crippen LogP contribution in [-0.4, -0.2) is 53.2 Å². The van der Waals surface area contributed by atoms with Gasteiger partial charge in [0.1, 0.15) is 12.2 Å². The van der Waals surface area contributed by atoms with Crippen LogP contribution in [0, 0.1) is 0 Å². The van der Waals surface area contributed by atoms with Crippen LogP contribution in [0.5, 0.6) is 0 Å². The van der Waals surface area contributed by atoms with Crippen LogP contribution < -0.4 is 0 Å². The van der Waals surface area contributed by atoms with Crippen molar-refractivity contribution in [1.29, 1.82) is 0 Å². The van der Waals surface area contributed by atoms with Gasteiger partial charge in [-0.1, -0.05) is 6.07 Å². The van der Waals surface area contributed by atoms with Crippen molar-refractivity contribution in [3.05, 3.63) is 42.0 Å². The Labute approximate surface area is 152 Å². The van der Waals surface area contributed by atoms with Gasteiger partial charge >= 0.3 is 5.97 Å². The first-order chi connectivity index (χ1) is 12.4. The number of hydrogen-bond acceptors (Lipinski definition) is 6. The number of nitrogens with zero attached hydrogens (tertiary/aromatic N) is 4. The predicted octanol–water partition coefficient (Wildman–Crippen LogP) is 1.56. The number of hydrogen-bond donors (Lipinski definition) is 0. The summed E-state index contributed by atoms with van der Waals surface area (Å²) in [5.41, 5.74) is 0.231. The van der Waals surface area contributed by atoms with E-state index in [0.717, 1.165) is 18.7 Å². The van der Waals surface area contributed by atoms with E-state index >= 15 is 0 Å². The Bertz CT molecular complexity index is 894. The quantitative estimate of drug-likeness (QED) is 0.733. The van der Waals surface area contributed by atoms with Crippen LogP contribution >= 0.6 is 0 Å². The molecule has 2 heterocycles. The lowest BCUT2D eigenvalue weighted by molar-refractivity contribution is 0.0526. The maximum atomic E-state index is 13.1. The van der Waals surface area contributed by atoms with E-state index in [1.807, 2.05) is 11.6 Å². The van der Waals surface area contributed by atoms with Crippen LogP contribution in [-0.2, 0) is 21.8 Å². The van der Waals surface area contributed by atoms with Crippen molar-refractivity contribution in [2.24, 2.45) is 7.05 Å². The van der Waals surface area contributed by atoms with Crippen molar-refractivity contribution in [3.8, 4) is 0 Å². The Kier molecular flexibility index (Phi) is 5.38. The van der Waals surface area contributed by atoms with Crippen LogP contribution in [0.4, 0.5) is 0 Å². The number of aromatic nitrogens is 3. The molecule has 0 spiro atoms. The molecule has 9 heteroatoms. The van der Waals surface area contributed by atoms with Gasteiger partial charge in [-0.2, -0.15) is 4.31 Å². The Morgan fingerprint density at radius 2 is 2.19 bits per heavy atom. The lowest BCUT2D eigenvalue weighted by atomic mass is 9.99. The summed E-state index contributed by atoms with van der Waals surface area (Å²) in [7, 11) is -1.85. The Morgan fingerprint density at radius 1 is 1.38 bits per heavy atom. The third-order valence-electron chi connectivity index (χ3n) is 4.48. The van der Waals surface area contributed by atoms with Gasteiger partial charge in [0, 0.05) is 26.1 Å². The number of rotatable bonds is 5. The molecule has 2 aromatic rings. The number of carbonyl (C=O) groups excluding carboxylic acids is 1. The first-order valence-corrected chi connectivity index (χ1v) is 9.98. The average Bonchev–Trinajstić information content (AvgIpc) is 3.08. The maximum absolute atomic E-state index is 13.1. The molecule has 0 unspecified atom stereocenters. The van der Waals surface area contributed by atoms with Gasteiger partial charge in [0.15, 0.2) is 0 Å². The fourth-order valence-electron chi connectivity index (χ4n) is 3.18.